The molecule has 0 saturated carbocycles. The van der Waals surface area contributed by atoms with Gasteiger partial charge in [-0.15, -0.1) is 0 Å². The molecule has 0 aromatic heterocycles. The third-order valence-corrected chi connectivity index (χ3v) is 1.41. The summed E-state index contributed by atoms with van der Waals surface area (Å²) in [7, 11) is 0. The quantitative estimate of drug-likeness (QED) is 0.663. The molecule has 0 aliphatic heterocycles. The van der Waals surface area contributed by atoms with Crippen molar-refractivity contribution in [2.45, 2.75) is 25.4 Å². The molecule has 0 radical (unpaired) electrons. The molecule has 0 saturated heterocycles. The second kappa shape index (κ2) is 3.55. The van der Waals surface area contributed by atoms with Gasteiger partial charge in [-0.05, 0) is 6.42 Å². The van der Waals surface area contributed by atoms with Gasteiger partial charge in [0.2, 0.25) is 5.78 Å². The van der Waals surface area contributed by atoms with Crippen LogP contribution in [0.25, 0.3) is 0 Å². The Kier molecular flexibility index (Phi) is 3.24. The van der Waals surface area contributed by atoms with Gasteiger partial charge in [0.15, 0.2) is 0 Å². The molecule has 0 aliphatic carbocycles. The van der Waals surface area contributed by atoms with E-state index < -0.39 is 30.3 Å². The van der Waals surface area contributed by atoms with E-state index >= 15 is 0 Å². The molecule has 0 spiro atoms. The number of hydrogen-bond donors (Lipinski definition) is 1. The van der Waals surface area contributed by atoms with E-state index in [2.05, 4.69) is 0 Å². The molecule has 0 rings (SSSR count). The van der Waals surface area contributed by atoms with Gasteiger partial charge in [-0.2, -0.15) is 0 Å². The SMILES string of the molecule is CCC(F)(C(=O)O)C(=O)C(F)F. The van der Waals surface area contributed by atoms with E-state index in [4.69, 9.17) is 5.11 Å². The third kappa shape index (κ3) is 1.75. The van der Waals surface area contributed by atoms with Crippen LogP contribution in [0.5, 0.6) is 0 Å². The summed E-state index contributed by atoms with van der Waals surface area (Å²) in [6.45, 7) is 1.01. The van der Waals surface area contributed by atoms with Crippen molar-refractivity contribution in [1.82, 2.24) is 0 Å². The molecule has 1 N–H and O–H groups in total. The number of aliphatic carboxylic acids is 1. The highest BCUT2D eigenvalue weighted by Crippen LogP contribution is 2.21. The lowest BCUT2D eigenvalue weighted by Crippen LogP contribution is -2.45. The molecule has 1 unspecified atom stereocenters. The van der Waals surface area contributed by atoms with E-state index in [1.165, 1.54) is 0 Å². The lowest BCUT2D eigenvalue weighted by Gasteiger charge is -2.15. The average molecular weight is 184 g/mol. The molecule has 3 nitrogen and oxygen atoms in total. The summed E-state index contributed by atoms with van der Waals surface area (Å²) in [5.74, 6) is -4.37. The first-order valence-electron chi connectivity index (χ1n) is 3.11. The van der Waals surface area contributed by atoms with Gasteiger partial charge in [-0.1, -0.05) is 6.92 Å². The predicted molar refractivity (Wildman–Crippen MR) is 32.8 cm³/mol. The highest BCUT2D eigenvalue weighted by Gasteiger charge is 2.48. The van der Waals surface area contributed by atoms with Gasteiger partial charge >= 0.3 is 5.97 Å². The van der Waals surface area contributed by atoms with Gasteiger partial charge in [0.25, 0.3) is 12.1 Å². The zero-order valence-electron chi connectivity index (χ0n) is 6.18. The van der Waals surface area contributed by atoms with Crippen molar-refractivity contribution >= 4 is 11.8 Å². The molecule has 0 fully saturated rings. The van der Waals surface area contributed by atoms with Crippen LogP contribution in [0.1, 0.15) is 13.3 Å². The van der Waals surface area contributed by atoms with Crippen LogP contribution < -0.4 is 0 Å². The molecule has 0 aromatic rings. The van der Waals surface area contributed by atoms with E-state index in [1.54, 1.807) is 0 Å². The second-order valence-electron chi connectivity index (χ2n) is 2.12. The highest BCUT2D eigenvalue weighted by atomic mass is 19.3. The van der Waals surface area contributed by atoms with Crippen molar-refractivity contribution in [1.29, 1.82) is 0 Å². The molecule has 0 aromatic carbocycles. The Balaban J connectivity index is 4.76. The highest BCUT2D eigenvalue weighted by molar-refractivity contribution is 6.07. The molecule has 70 valence electrons. The molecule has 0 bridgehead atoms. The number of ketones is 1. The van der Waals surface area contributed by atoms with Gasteiger partial charge in [-0.3, -0.25) is 4.79 Å². The summed E-state index contributed by atoms with van der Waals surface area (Å²) in [4.78, 5) is 20.4. The number of Topliss-reactive ketones (excluding diaryl/α,β-unsaturated/α-hetero) is 1. The zero-order chi connectivity index (χ0) is 9.94. The number of carbonyl (C=O) groups is 2. The minimum atomic E-state index is -3.59. The van der Waals surface area contributed by atoms with Crippen LogP contribution >= 0.6 is 0 Å². The summed E-state index contributed by atoms with van der Waals surface area (Å²) < 4.78 is 36.1. The Bertz CT molecular complexity index is 204. The maximum Gasteiger partial charge on any atom is 0.349 e. The Morgan fingerprint density at radius 1 is 1.50 bits per heavy atom. The summed E-state index contributed by atoms with van der Waals surface area (Å²) >= 11 is 0. The number of alkyl halides is 3. The standard InChI is InChI=1S/C6H7F3O3/c1-2-6(9,5(11)12)3(10)4(7)8/h4H,2H2,1H3,(H,11,12). The van der Waals surface area contributed by atoms with Crippen molar-refractivity contribution in [3.63, 3.8) is 0 Å². The Morgan fingerprint density at radius 2 is 1.92 bits per heavy atom. The first kappa shape index (κ1) is 10.9. The topological polar surface area (TPSA) is 54.4 Å². The van der Waals surface area contributed by atoms with E-state index in [-0.39, 0.29) is 0 Å². The number of carbonyl (C=O) groups excluding carboxylic acids is 1. The number of carboxylic acid groups (broad SMARTS) is 1. The summed E-state index contributed by atoms with van der Waals surface area (Å²) in [6.07, 6.45) is -4.39. The Labute approximate surface area is 66.2 Å². The van der Waals surface area contributed by atoms with Crippen molar-refractivity contribution < 1.29 is 27.9 Å². The minimum absolute atomic E-state index is 0.800. The van der Waals surface area contributed by atoms with Crippen molar-refractivity contribution in [2.24, 2.45) is 0 Å². The smallest absolute Gasteiger partial charge is 0.349 e. The fourth-order valence-corrected chi connectivity index (χ4v) is 0.604. The maximum atomic E-state index is 12.9. The monoisotopic (exact) mass is 184 g/mol. The number of carboxylic acids is 1. The second-order valence-corrected chi connectivity index (χ2v) is 2.12. The molecule has 0 aliphatic rings. The maximum absolute atomic E-state index is 12.9. The van der Waals surface area contributed by atoms with Crippen molar-refractivity contribution in [2.75, 3.05) is 0 Å². The number of rotatable bonds is 4. The fourth-order valence-electron chi connectivity index (χ4n) is 0.604. The van der Waals surface area contributed by atoms with Crippen LogP contribution in [0, 0.1) is 0 Å². The summed E-state index contributed by atoms with van der Waals surface area (Å²) in [5.41, 5.74) is -3.45. The Hall–Kier alpha value is -1.07. The van der Waals surface area contributed by atoms with Crippen molar-refractivity contribution in [3.8, 4) is 0 Å². The lowest BCUT2D eigenvalue weighted by atomic mass is 9.98. The number of hydrogen-bond acceptors (Lipinski definition) is 2. The van der Waals surface area contributed by atoms with E-state index in [9.17, 15) is 22.8 Å². The molecule has 0 amide bonds. The third-order valence-electron chi connectivity index (χ3n) is 1.41. The number of halogens is 3. The predicted octanol–water partition coefficient (Wildman–Crippen LogP) is 1.02. The van der Waals surface area contributed by atoms with Gasteiger partial charge < -0.3 is 5.11 Å². The van der Waals surface area contributed by atoms with Crippen LogP contribution in [-0.2, 0) is 9.59 Å². The lowest BCUT2D eigenvalue weighted by molar-refractivity contribution is -0.162. The fraction of sp³-hybridized carbons (Fsp3) is 0.667. The summed E-state index contributed by atoms with van der Waals surface area (Å²) in [6, 6.07) is 0. The van der Waals surface area contributed by atoms with Crippen LogP contribution in [0.4, 0.5) is 13.2 Å². The van der Waals surface area contributed by atoms with E-state index in [1.807, 2.05) is 0 Å². The van der Waals surface area contributed by atoms with E-state index in [0.717, 1.165) is 6.92 Å². The summed E-state index contributed by atoms with van der Waals surface area (Å²) in [5, 5.41) is 8.12. The molecule has 6 heteroatoms. The first-order chi connectivity index (χ1) is 5.36. The van der Waals surface area contributed by atoms with Gasteiger partial charge in [-0.25, -0.2) is 18.0 Å². The van der Waals surface area contributed by atoms with Gasteiger partial charge in [0, 0.05) is 0 Å². The zero-order valence-corrected chi connectivity index (χ0v) is 6.18. The molecule has 0 heterocycles. The first-order valence-corrected chi connectivity index (χ1v) is 3.11. The van der Waals surface area contributed by atoms with Crippen LogP contribution in [0.3, 0.4) is 0 Å². The minimum Gasteiger partial charge on any atom is -0.479 e. The molecular weight excluding hydrogens is 177 g/mol. The largest absolute Gasteiger partial charge is 0.479 e. The molecular formula is C6H7F3O3. The van der Waals surface area contributed by atoms with Gasteiger partial charge in [0.05, 0.1) is 0 Å². The van der Waals surface area contributed by atoms with Gasteiger partial charge in [0.1, 0.15) is 0 Å². The van der Waals surface area contributed by atoms with Crippen LogP contribution in [0.15, 0.2) is 0 Å². The van der Waals surface area contributed by atoms with Crippen LogP contribution in [0.2, 0.25) is 0 Å². The van der Waals surface area contributed by atoms with E-state index in [0.29, 0.717) is 0 Å². The van der Waals surface area contributed by atoms with Crippen LogP contribution in [-0.4, -0.2) is 29.0 Å². The van der Waals surface area contributed by atoms with Crippen molar-refractivity contribution in [3.05, 3.63) is 0 Å². The molecule has 12 heavy (non-hydrogen) atoms. The average Bonchev–Trinajstić information content (AvgIpc) is 2.01. The normalized spacial score (nSPS) is 15.8. The molecule has 1 atom stereocenters. The Morgan fingerprint density at radius 3 is 2.00 bits per heavy atom.